The molecule has 0 spiro atoms. The van der Waals surface area contributed by atoms with Gasteiger partial charge in [-0.2, -0.15) is 17.9 Å². The molecule has 10 nitrogen and oxygen atoms in total. The lowest BCUT2D eigenvalue weighted by molar-refractivity contribution is -0.384. The summed E-state index contributed by atoms with van der Waals surface area (Å²) in [5, 5.41) is 15.0. The standard InChI is InChI=1S/C21H17ClN6O4S/c1-14-8-16(15-4-3-7-23-10-15)13-27-17(11-24-21(14)27)12-25-26(2)33(31,32)18-5-6-19(22)20(9-18)28(29)30/h3-13H,1-2H3/b25-12+. The number of hydrogen-bond acceptors (Lipinski definition) is 7. The van der Waals surface area contributed by atoms with Gasteiger partial charge in [-0.15, -0.1) is 0 Å². The van der Waals surface area contributed by atoms with Crippen molar-refractivity contribution < 1.29 is 13.3 Å². The van der Waals surface area contributed by atoms with E-state index in [9.17, 15) is 18.5 Å². The largest absolute Gasteiger partial charge is 0.298 e. The number of pyridine rings is 2. The summed E-state index contributed by atoms with van der Waals surface area (Å²) in [5.41, 5.74) is 3.49. The molecule has 0 aliphatic carbocycles. The van der Waals surface area contributed by atoms with Crippen LogP contribution in [0.15, 0.2) is 71.2 Å². The third-order valence-electron chi connectivity index (χ3n) is 4.93. The van der Waals surface area contributed by atoms with Crippen LogP contribution in [-0.2, 0) is 10.0 Å². The Bertz CT molecular complexity index is 1500. The molecule has 0 N–H and O–H groups in total. The monoisotopic (exact) mass is 484 g/mol. The minimum Gasteiger partial charge on any atom is -0.298 e. The van der Waals surface area contributed by atoms with E-state index in [0.29, 0.717) is 11.3 Å². The summed E-state index contributed by atoms with van der Waals surface area (Å²) >= 11 is 5.78. The van der Waals surface area contributed by atoms with Gasteiger partial charge in [0.25, 0.3) is 15.7 Å². The van der Waals surface area contributed by atoms with Crippen LogP contribution < -0.4 is 0 Å². The molecular formula is C21H17ClN6O4S. The van der Waals surface area contributed by atoms with Crippen molar-refractivity contribution >= 4 is 39.2 Å². The first-order valence-corrected chi connectivity index (χ1v) is 11.4. The maximum absolute atomic E-state index is 12.9. The first kappa shape index (κ1) is 22.4. The Morgan fingerprint density at radius 3 is 2.70 bits per heavy atom. The molecule has 0 bridgehead atoms. The summed E-state index contributed by atoms with van der Waals surface area (Å²) in [4.78, 5) is 18.6. The van der Waals surface area contributed by atoms with Crippen LogP contribution in [0.25, 0.3) is 16.8 Å². The molecule has 0 aliphatic heterocycles. The van der Waals surface area contributed by atoms with Gasteiger partial charge in [0.1, 0.15) is 10.7 Å². The average Bonchev–Trinajstić information content (AvgIpc) is 3.21. The highest BCUT2D eigenvalue weighted by Gasteiger charge is 2.24. The number of aromatic nitrogens is 3. The Hall–Kier alpha value is -3.83. The molecule has 3 aromatic heterocycles. The molecule has 0 fully saturated rings. The van der Waals surface area contributed by atoms with Crippen LogP contribution in [-0.4, -0.2) is 45.4 Å². The molecule has 4 aromatic rings. The zero-order chi connectivity index (χ0) is 23.8. The first-order chi connectivity index (χ1) is 15.7. The molecule has 33 heavy (non-hydrogen) atoms. The second-order valence-electron chi connectivity index (χ2n) is 7.08. The molecule has 0 saturated heterocycles. The number of aryl methyl sites for hydroxylation is 1. The number of rotatable bonds is 6. The van der Waals surface area contributed by atoms with Crippen molar-refractivity contribution in [3.63, 3.8) is 0 Å². The molecule has 0 radical (unpaired) electrons. The van der Waals surface area contributed by atoms with Crippen molar-refractivity contribution in [1.82, 2.24) is 18.8 Å². The van der Waals surface area contributed by atoms with Gasteiger partial charge in [-0.25, -0.2) is 4.98 Å². The molecule has 0 amide bonds. The number of nitro benzene ring substituents is 1. The van der Waals surface area contributed by atoms with E-state index in [2.05, 4.69) is 15.1 Å². The van der Waals surface area contributed by atoms with Crippen LogP contribution in [0.2, 0.25) is 5.02 Å². The van der Waals surface area contributed by atoms with Crippen molar-refractivity contribution in [2.24, 2.45) is 5.10 Å². The second-order valence-corrected chi connectivity index (χ2v) is 9.44. The summed E-state index contributed by atoms with van der Waals surface area (Å²) in [7, 11) is -2.91. The maximum atomic E-state index is 12.9. The zero-order valence-electron chi connectivity index (χ0n) is 17.5. The molecular weight excluding hydrogens is 468 g/mol. The molecule has 4 rings (SSSR count). The van der Waals surface area contributed by atoms with Gasteiger partial charge in [0.15, 0.2) is 0 Å². The number of hydrazone groups is 1. The highest BCUT2D eigenvalue weighted by molar-refractivity contribution is 7.89. The lowest BCUT2D eigenvalue weighted by Gasteiger charge is -2.13. The normalized spacial score (nSPS) is 11.8. The van der Waals surface area contributed by atoms with E-state index in [1.165, 1.54) is 19.3 Å². The van der Waals surface area contributed by atoms with Crippen molar-refractivity contribution in [2.45, 2.75) is 11.8 Å². The highest BCUT2D eigenvalue weighted by atomic mass is 35.5. The van der Waals surface area contributed by atoms with Crippen molar-refractivity contribution in [3.05, 3.63) is 87.6 Å². The van der Waals surface area contributed by atoms with Gasteiger partial charge in [0, 0.05) is 42.8 Å². The summed E-state index contributed by atoms with van der Waals surface area (Å²) in [5.74, 6) is 0. The summed E-state index contributed by atoms with van der Waals surface area (Å²) in [6, 6.07) is 9.02. The number of halogens is 1. The number of hydrogen-bond donors (Lipinski definition) is 0. The quantitative estimate of drug-likeness (QED) is 0.232. The van der Waals surface area contributed by atoms with E-state index in [1.807, 2.05) is 31.3 Å². The van der Waals surface area contributed by atoms with Crippen LogP contribution >= 0.6 is 11.6 Å². The molecule has 0 saturated carbocycles. The third-order valence-corrected chi connectivity index (χ3v) is 6.89. The van der Waals surface area contributed by atoms with E-state index in [4.69, 9.17) is 11.6 Å². The molecule has 0 atom stereocenters. The Labute approximate surface area is 194 Å². The van der Waals surface area contributed by atoms with E-state index < -0.39 is 20.6 Å². The first-order valence-electron chi connectivity index (χ1n) is 9.53. The van der Waals surface area contributed by atoms with Gasteiger partial charge < -0.3 is 0 Å². The van der Waals surface area contributed by atoms with Crippen molar-refractivity contribution in [3.8, 4) is 11.1 Å². The minimum atomic E-state index is -4.14. The summed E-state index contributed by atoms with van der Waals surface area (Å²) < 4.78 is 28.2. The fourth-order valence-corrected chi connectivity index (χ4v) is 4.37. The van der Waals surface area contributed by atoms with Crippen LogP contribution in [0.4, 0.5) is 5.69 Å². The van der Waals surface area contributed by atoms with Gasteiger partial charge in [0.2, 0.25) is 0 Å². The molecule has 0 aliphatic rings. The zero-order valence-corrected chi connectivity index (χ0v) is 19.0. The molecule has 12 heteroatoms. The van der Waals surface area contributed by atoms with Crippen molar-refractivity contribution in [2.75, 3.05) is 7.05 Å². The molecule has 168 valence electrons. The van der Waals surface area contributed by atoms with Crippen LogP contribution in [0, 0.1) is 17.0 Å². The fourth-order valence-electron chi connectivity index (χ4n) is 3.21. The van der Waals surface area contributed by atoms with E-state index in [-0.39, 0.29) is 9.92 Å². The Morgan fingerprint density at radius 1 is 1.21 bits per heavy atom. The molecule has 0 unspecified atom stereocenters. The highest BCUT2D eigenvalue weighted by Crippen LogP contribution is 2.28. The van der Waals surface area contributed by atoms with Crippen LogP contribution in [0.3, 0.4) is 0 Å². The summed E-state index contributed by atoms with van der Waals surface area (Å²) in [6.45, 7) is 1.92. The topological polar surface area (TPSA) is 123 Å². The lowest BCUT2D eigenvalue weighted by Crippen LogP contribution is -2.22. The Balaban J connectivity index is 1.69. The number of benzene rings is 1. The number of sulfonamides is 1. The predicted molar refractivity (Wildman–Crippen MR) is 124 cm³/mol. The molecule has 3 heterocycles. The van der Waals surface area contributed by atoms with E-state index in [0.717, 1.165) is 33.2 Å². The molecule has 1 aromatic carbocycles. The minimum absolute atomic E-state index is 0.157. The SMILES string of the molecule is Cc1cc(-c2cccnc2)cn2c(/C=N/N(C)S(=O)(=O)c3ccc(Cl)c([N+](=O)[O-])c3)cnc12. The second kappa shape index (κ2) is 8.60. The maximum Gasteiger partial charge on any atom is 0.289 e. The Kier molecular flexibility index (Phi) is 5.83. The fraction of sp³-hybridized carbons (Fsp3) is 0.0952. The van der Waals surface area contributed by atoms with Gasteiger partial charge >= 0.3 is 0 Å². The van der Waals surface area contributed by atoms with Gasteiger partial charge in [-0.1, -0.05) is 17.7 Å². The Morgan fingerprint density at radius 2 is 2.00 bits per heavy atom. The predicted octanol–water partition coefficient (Wildman–Crippen LogP) is 3.92. The summed E-state index contributed by atoms with van der Waals surface area (Å²) in [6.07, 6.45) is 8.23. The lowest BCUT2D eigenvalue weighted by atomic mass is 10.1. The smallest absolute Gasteiger partial charge is 0.289 e. The number of nitrogens with zero attached hydrogens (tertiary/aromatic N) is 6. The van der Waals surface area contributed by atoms with E-state index >= 15 is 0 Å². The average molecular weight is 485 g/mol. The van der Waals surface area contributed by atoms with Crippen molar-refractivity contribution in [1.29, 1.82) is 0 Å². The number of imidazole rings is 1. The van der Waals surface area contributed by atoms with Gasteiger partial charge in [-0.3, -0.25) is 19.5 Å². The number of fused-ring (bicyclic) bond motifs is 1. The van der Waals surface area contributed by atoms with Gasteiger partial charge in [0.05, 0.1) is 27.9 Å². The third kappa shape index (κ3) is 4.28. The number of nitro groups is 1. The van der Waals surface area contributed by atoms with E-state index in [1.54, 1.807) is 23.0 Å². The van der Waals surface area contributed by atoms with Gasteiger partial charge in [-0.05, 0) is 36.8 Å². The van der Waals surface area contributed by atoms with Crippen LogP contribution in [0.5, 0.6) is 0 Å². The van der Waals surface area contributed by atoms with Crippen LogP contribution in [0.1, 0.15) is 11.3 Å².